The monoisotopic (exact) mass is 262 g/mol. The lowest BCUT2D eigenvalue weighted by molar-refractivity contribution is 0.306. The second-order valence-electron chi connectivity index (χ2n) is 4.02. The van der Waals surface area contributed by atoms with Crippen molar-refractivity contribution in [3.8, 4) is 5.75 Å². The van der Waals surface area contributed by atoms with Gasteiger partial charge in [-0.15, -0.1) is 11.3 Å². The number of nitrogens with one attached hydrogen (secondary N) is 1. The SMILES string of the molecule is CCNCc1ccc(COc2cccnc2C)s1. The summed E-state index contributed by atoms with van der Waals surface area (Å²) in [6.45, 7) is 6.62. The quantitative estimate of drug-likeness (QED) is 0.868. The summed E-state index contributed by atoms with van der Waals surface area (Å²) in [5, 5.41) is 3.32. The highest BCUT2D eigenvalue weighted by Gasteiger charge is 2.03. The van der Waals surface area contributed by atoms with E-state index in [1.165, 1.54) is 9.75 Å². The number of hydrogen-bond donors (Lipinski definition) is 1. The first-order valence-electron chi connectivity index (χ1n) is 6.12. The van der Waals surface area contributed by atoms with E-state index in [1.807, 2.05) is 19.1 Å². The van der Waals surface area contributed by atoms with Gasteiger partial charge in [-0.05, 0) is 37.7 Å². The number of aryl methyl sites for hydroxylation is 1. The molecule has 2 heterocycles. The van der Waals surface area contributed by atoms with Gasteiger partial charge in [-0.3, -0.25) is 4.98 Å². The van der Waals surface area contributed by atoms with E-state index in [2.05, 4.69) is 29.4 Å². The zero-order valence-corrected chi connectivity index (χ0v) is 11.6. The van der Waals surface area contributed by atoms with Crippen LogP contribution in [0.2, 0.25) is 0 Å². The fraction of sp³-hybridized carbons (Fsp3) is 0.357. The molecule has 1 N–H and O–H groups in total. The third-order valence-corrected chi connectivity index (χ3v) is 3.65. The molecule has 2 rings (SSSR count). The highest BCUT2D eigenvalue weighted by atomic mass is 32.1. The maximum atomic E-state index is 5.77. The second-order valence-corrected chi connectivity index (χ2v) is 5.28. The third-order valence-electron chi connectivity index (χ3n) is 2.59. The third kappa shape index (κ3) is 3.55. The van der Waals surface area contributed by atoms with Crippen LogP contribution >= 0.6 is 11.3 Å². The first-order chi connectivity index (χ1) is 8.79. The Bertz CT molecular complexity index is 496. The summed E-state index contributed by atoms with van der Waals surface area (Å²) < 4.78 is 5.77. The van der Waals surface area contributed by atoms with Crippen LogP contribution < -0.4 is 10.1 Å². The normalized spacial score (nSPS) is 10.6. The molecule has 2 aromatic rings. The van der Waals surface area contributed by atoms with Gasteiger partial charge in [-0.25, -0.2) is 0 Å². The number of nitrogens with zero attached hydrogens (tertiary/aromatic N) is 1. The molecule has 0 amide bonds. The maximum Gasteiger partial charge on any atom is 0.141 e. The van der Waals surface area contributed by atoms with E-state index in [9.17, 15) is 0 Å². The number of rotatable bonds is 6. The van der Waals surface area contributed by atoms with Crippen LogP contribution in [0.25, 0.3) is 0 Å². The lowest BCUT2D eigenvalue weighted by Gasteiger charge is -2.06. The number of ether oxygens (including phenoxy) is 1. The minimum atomic E-state index is 0.614. The molecule has 3 nitrogen and oxygen atoms in total. The Morgan fingerprint density at radius 2 is 2.11 bits per heavy atom. The van der Waals surface area contributed by atoms with Crippen molar-refractivity contribution >= 4 is 11.3 Å². The summed E-state index contributed by atoms with van der Waals surface area (Å²) >= 11 is 1.79. The standard InChI is InChI=1S/C14H18N2OS/c1-3-15-9-12-6-7-13(18-12)10-17-14-5-4-8-16-11(14)2/h4-8,15H,3,9-10H2,1-2H3. The Labute approximate surface area is 112 Å². The van der Waals surface area contributed by atoms with Gasteiger partial charge in [0, 0.05) is 22.5 Å². The van der Waals surface area contributed by atoms with Crippen LogP contribution in [0.4, 0.5) is 0 Å². The van der Waals surface area contributed by atoms with Crippen LogP contribution in [0.1, 0.15) is 22.4 Å². The van der Waals surface area contributed by atoms with E-state index >= 15 is 0 Å². The molecule has 0 spiro atoms. The van der Waals surface area contributed by atoms with E-state index in [1.54, 1.807) is 17.5 Å². The fourth-order valence-corrected chi connectivity index (χ4v) is 2.52. The van der Waals surface area contributed by atoms with E-state index in [-0.39, 0.29) is 0 Å². The highest BCUT2D eigenvalue weighted by Crippen LogP contribution is 2.20. The van der Waals surface area contributed by atoms with Crippen LogP contribution in [-0.2, 0) is 13.2 Å². The first kappa shape index (κ1) is 13.1. The molecule has 96 valence electrons. The first-order valence-corrected chi connectivity index (χ1v) is 6.94. The molecule has 0 saturated heterocycles. The molecule has 2 aromatic heterocycles. The van der Waals surface area contributed by atoms with Gasteiger partial charge in [-0.1, -0.05) is 6.92 Å². The van der Waals surface area contributed by atoms with E-state index in [0.717, 1.165) is 24.5 Å². The molecule has 0 unspecified atom stereocenters. The van der Waals surface area contributed by atoms with Crippen molar-refractivity contribution in [3.05, 3.63) is 45.9 Å². The van der Waals surface area contributed by atoms with Crippen LogP contribution in [0, 0.1) is 6.92 Å². The number of thiophene rings is 1. The van der Waals surface area contributed by atoms with Gasteiger partial charge in [0.15, 0.2) is 0 Å². The largest absolute Gasteiger partial charge is 0.486 e. The Kier molecular flexibility index (Phi) is 4.73. The van der Waals surface area contributed by atoms with Gasteiger partial charge >= 0.3 is 0 Å². The Balaban J connectivity index is 1.90. The zero-order chi connectivity index (χ0) is 12.8. The molecule has 0 saturated carbocycles. The lowest BCUT2D eigenvalue weighted by Crippen LogP contribution is -2.10. The molecule has 0 atom stereocenters. The van der Waals surface area contributed by atoms with E-state index < -0.39 is 0 Å². The Hall–Kier alpha value is -1.39. The minimum Gasteiger partial charge on any atom is -0.486 e. The number of hydrogen-bond acceptors (Lipinski definition) is 4. The van der Waals surface area contributed by atoms with Gasteiger partial charge in [0.05, 0.1) is 5.69 Å². The van der Waals surface area contributed by atoms with E-state index in [0.29, 0.717) is 6.61 Å². The molecule has 0 bridgehead atoms. The van der Waals surface area contributed by atoms with Crippen molar-refractivity contribution < 1.29 is 4.74 Å². The molecule has 4 heteroatoms. The predicted octanol–water partition coefficient (Wildman–Crippen LogP) is 3.14. The lowest BCUT2D eigenvalue weighted by atomic mass is 10.3. The second kappa shape index (κ2) is 6.52. The highest BCUT2D eigenvalue weighted by molar-refractivity contribution is 7.11. The molecule has 0 aliphatic carbocycles. The summed E-state index contributed by atoms with van der Waals surface area (Å²) in [6.07, 6.45) is 1.78. The predicted molar refractivity (Wildman–Crippen MR) is 75.0 cm³/mol. The van der Waals surface area contributed by atoms with Gasteiger partial charge in [0.25, 0.3) is 0 Å². The van der Waals surface area contributed by atoms with Crippen molar-refractivity contribution in [2.45, 2.75) is 27.0 Å². The minimum absolute atomic E-state index is 0.614. The van der Waals surface area contributed by atoms with Crippen LogP contribution in [0.5, 0.6) is 5.75 Å². The summed E-state index contributed by atoms with van der Waals surface area (Å²) in [7, 11) is 0. The molecule has 0 radical (unpaired) electrons. The fourth-order valence-electron chi connectivity index (χ4n) is 1.61. The van der Waals surface area contributed by atoms with Gasteiger partial charge in [0.1, 0.15) is 12.4 Å². The van der Waals surface area contributed by atoms with Gasteiger partial charge in [0.2, 0.25) is 0 Å². The molecule has 0 aromatic carbocycles. The van der Waals surface area contributed by atoms with Crippen LogP contribution in [0.3, 0.4) is 0 Å². The van der Waals surface area contributed by atoms with Crippen molar-refractivity contribution in [3.63, 3.8) is 0 Å². The summed E-state index contributed by atoms with van der Waals surface area (Å²) in [5.41, 5.74) is 0.932. The molecule has 0 aliphatic rings. The molecule has 0 fully saturated rings. The molecule has 18 heavy (non-hydrogen) atoms. The maximum absolute atomic E-state index is 5.77. The summed E-state index contributed by atoms with van der Waals surface area (Å²) in [4.78, 5) is 6.79. The topological polar surface area (TPSA) is 34.1 Å². The number of pyridine rings is 1. The number of aromatic nitrogens is 1. The van der Waals surface area contributed by atoms with Crippen molar-refractivity contribution in [1.82, 2.24) is 10.3 Å². The van der Waals surface area contributed by atoms with Gasteiger partial charge < -0.3 is 10.1 Å². The van der Waals surface area contributed by atoms with Crippen LogP contribution in [0.15, 0.2) is 30.5 Å². The van der Waals surface area contributed by atoms with Crippen molar-refractivity contribution in [1.29, 1.82) is 0 Å². The van der Waals surface area contributed by atoms with Crippen LogP contribution in [-0.4, -0.2) is 11.5 Å². The van der Waals surface area contributed by atoms with E-state index in [4.69, 9.17) is 4.74 Å². The molecular weight excluding hydrogens is 244 g/mol. The average molecular weight is 262 g/mol. The average Bonchev–Trinajstić information content (AvgIpc) is 2.83. The van der Waals surface area contributed by atoms with Crippen molar-refractivity contribution in [2.75, 3.05) is 6.54 Å². The Morgan fingerprint density at radius 1 is 1.28 bits per heavy atom. The molecule has 0 aliphatic heterocycles. The Morgan fingerprint density at radius 3 is 2.89 bits per heavy atom. The van der Waals surface area contributed by atoms with Crippen molar-refractivity contribution in [2.24, 2.45) is 0 Å². The smallest absolute Gasteiger partial charge is 0.141 e. The zero-order valence-electron chi connectivity index (χ0n) is 10.8. The summed E-state index contributed by atoms with van der Waals surface area (Å²) in [5.74, 6) is 0.860. The molecular formula is C14H18N2OS. The van der Waals surface area contributed by atoms with Gasteiger partial charge in [-0.2, -0.15) is 0 Å². The summed E-state index contributed by atoms with van der Waals surface area (Å²) in [6, 6.07) is 8.13.